The standard InChI is InChI=1S/C25H29ClN2O9/c1-13-9-16(30)24(34-11-13)35-12-18(33-3)36-17-10-15(23(32)28-27-14(2)29)20(26)21-19(17)22(31)25(37-21)7-5-4-6-8-25/h5,7,10,13,18,24H,4,6,8-9,11-12H2,1-3H3,(H,27,29)(H,28,32)/t13-,18?,24?,25-/m1/s1. The summed E-state index contributed by atoms with van der Waals surface area (Å²) < 4.78 is 28.5. The average molecular weight is 537 g/mol. The first-order valence-electron chi connectivity index (χ1n) is 12.0. The molecule has 2 unspecified atom stereocenters. The lowest BCUT2D eigenvalue weighted by molar-refractivity contribution is -0.205. The van der Waals surface area contributed by atoms with Gasteiger partial charge in [-0.15, -0.1) is 0 Å². The molecule has 4 atom stereocenters. The Bertz CT molecular complexity index is 1140. The zero-order chi connectivity index (χ0) is 26.7. The van der Waals surface area contributed by atoms with Crippen LogP contribution in [0.5, 0.6) is 11.5 Å². The van der Waals surface area contributed by atoms with Crippen LogP contribution < -0.4 is 20.3 Å². The van der Waals surface area contributed by atoms with E-state index in [-0.39, 0.29) is 51.7 Å². The summed E-state index contributed by atoms with van der Waals surface area (Å²) in [4.78, 5) is 49.9. The molecule has 200 valence electrons. The van der Waals surface area contributed by atoms with E-state index in [2.05, 4.69) is 10.9 Å². The van der Waals surface area contributed by atoms with Gasteiger partial charge in [0.2, 0.25) is 24.3 Å². The quantitative estimate of drug-likeness (QED) is 0.305. The maximum atomic E-state index is 13.6. The highest BCUT2D eigenvalue weighted by Crippen LogP contribution is 2.49. The van der Waals surface area contributed by atoms with Gasteiger partial charge in [0.15, 0.2) is 17.1 Å². The molecule has 1 saturated heterocycles. The summed E-state index contributed by atoms with van der Waals surface area (Å²) in [5, 5.41) is -0.102. The summed E-state index contributed by atoms with van der Waals surface area (Å²) in [6.45, 7) is 3.31. The van der Waals surface area contributed by atoms with E-state index in [9.17, 15) is 19.2 Å². The van der Waals surface area contributed by atoms with E-state index in [1.165, 1.54) is 20.1 Å². The van der Waals surface area contributed by atoms with Gasteiger partial charge in [-0.25, -0.2) is 0 Å². The number of carbonyl (C=O) groups is 4. The maximum absolute atomic E-state index is 13.6. The number of ketones is 2. The lowest BCUT2D eigenvalue weighted by Gasteiger charge is -2.27. The molecule has 3 aliphatic rings. The molecule has 1 aromatic rings. The molecule has 4 rings (SSSR count). The highest BCUT2D eigenvalue weighted by Gasteiger charge is 2.50. The zero-order valence-corrected chi connectivity index (χ0v) is 21.5. The van der Waals surface area contributed by atoms with E-state index in [0.717, 1.165) is 12.8 Å². The van der Waals surface area contributed by atoms with E-state index in [1.807, 2.05) is 13.0 Å². The summed E-state index contributed by atoms with van der Waals surface area (Å²) in [5.74, 6) is -1.71. The van der Waals surface area contributed by atoms with Crippen molar-refractivity contribution in [1.29, 1.82) is 0 Å². The molecule has 2 heterocycles. The normalized spacial score (nSPS) is 25.4. The predicted molar refractivity (Wildman–Crippen MR) is 129 cm³/mol. The second-order valence-corrected chi connectivity index (χ2v) is 9.63. The van der Waals surface area contributed by atoms with Gasteiger partial charge in [-0.05, 0) is 37.3 Å². The molecule has 2 aliphatic heterocycles. The van der Waals surface area contributed by atoms with Crippen molar-refractivity contribution in [2.45, 2.75) is 57.7 Å². The summed E-state index contributed by atoms with van der Waals surface area (Å²) >= 11 is 6.52. The van der Waals surface area contributed by atoms with E-state index >= 15 is 0 Å². The van der Waals surface area contributed by atoms with Crippen molar-refractivity contribution in [2.75, 3.05) is 20.3 Å². The van der Waals surface area contributed by atoms with Gasteiger partial charge in [0.25, 0.3) is 5.91 Å². The SMILES string of the molecule is COC(COC1OC[C@H](C)CC1=O)Oc1cc(C(=O)NNC(C)=O)c(Cl)c2c1C(=O)[C@]1(C=CCCC1)O2. The number of fused-ring (bicyclic) bond motifs is 1. The van der Waals surface area contributed by atoms with Crippen LogP contribution in [0.2, 0.25) is 5.02 Å². The van der Waals surface area contributed by atoms with Crippen molar-refractivity contribution in [2.24, 2.45) is 5.92 Å². The number of carbonyl (C=O) groups excluding carboxylic acids is 4. The Morgan fingerprint density at radius 2 is 2.08 bits per heavy atom. The third-order valence-electron chi connectivity index (χ3n) is 6.23. The van der Waals surface area contributed by atoms with Crippen LogP contribution in [0.15, 0.2) is 18.2 Å². The van der Waals surface area contributed by atoms with Crippen LogP contribution in [0.3, 0.4) is 0 Å². The third kappa shape index (κ3) is 5.64. The molecular formula is C25H29ClN2O9. The van der Waals surface area contributed by atoms with Crippen molar-refractivity contribution in [3.8, 4) is 11.5 Å². The number of hydrazine groups is 1. The maximum Gasteiger partial charge on any atom is 0.271 e. The summed E-state index contributed by atoms with van der Waals surface area (Å²) in [6, 6.07) is 1.28. The molecule has 2 amide bonds. The zero-order valence-electron chi connectivity index (χ0n) is 20.8. The van der Waals surface area contributed by atoms with Gasteiger partial charge in [-0.1, -0.05) is 24.6 Å². The molecule has 37 heavy (non-hydrogen) atoms. The molecule has 0 saturated carbocycles. The van der Waals surface area contributed by atoms with E-state index < -0.39 is 30.0 Å². The van der Waals surface area contributed by atoms with Gasteiger partial charge >= 0.3 is 0 Å². The Morgan fingerprint density at radius 1 is 1.30 bits per heavy atom. The monoisotopic (exact) mass is 536 g/mol. The highest BCUT2D eigenvalue weighted by molar-refractivity contribution is 6.36. The third-order valence-corrected chi connectivity index (χ3v) is 6.61. The fourth-order valence-electron chi connectivity index (χ4n) is 4.39. The van der Waals surface area contributed by atoms with Crippen LogP contribution in [0.25, 0.3) is 0 Å². The van der Waals surface area contributed by atoms with E-state index in [4.69, 9.17) is 35.3 Å². The Balaban J connectivity index is 1.63. The van der Waals surface area contributed by atoms with Gasteiger partial charge in [-0.3, -0.25) is 30.0 Å². The molecule has 1 aromatic carbocycles. The van der Waals surface area contributed by atoms with Crippen LogP contribution in [-0.4, -0.2) is 61.9 Å². The molecule has 12 heteroatoms. The largest absolute Gasteiger partial charge is 0.472 e. The van der Waals surface area contributed by atoms with Gasteiger partial charge in [0.1, 0.15) is 17.9 Å². The van der Waals surface area contributed by atoms with Gasteiger partial charge in [-0.2, -0.15) is 0 Å². The first-order valence-corrected chi connectivity index (χ1v) is 12.3. The number of rotatable bonds is 7. The van der Waals surface area contributed by atoms with Crippen LogP contribution in [0.4, 0.5) is 0 Å². The molecule has 1 fully saturated rings. The molecule has 2 N–H and O–H groups in total. The molecule has 11 nitrogen and oxygen atoms in total. The first kappa shape index (κ1) is 27.1. The minimum atomic E-state index is -1.26. The van der Waals surface area contributed by atoms with E-state index in [1.54, 1.807) is 6.08 Å². The Labute approximate surface area is 218 Å². The van der Waals surface area contributed by atoms with Crippen molar-refractivity contribution in [3.63, 3.8) is 0 Å². The summed E-state index contributed by atoms with van der Waals surface area (Å²) in [5.41, 5.74) is 3.15. The molecule has 0 bridgehead atoms. The Kier molecular flexibility index (Phi) is 8.17. The van der Waals surface area contributed by atoms with Crippen LogP contribution in [0, 0.1) is 5.92 Å². The minimum Gasteiger partial charge on any atom is -0.472 e. The number of benzene rings is 1. The number of Topliss-reactive ketones (excluding diaryl/α,β-unsaturated/α-hetero) is 2. The minimum absolute atomic E-state index is 0.000702. The number of halogens is 1. The first-order chi connectivity index (χ1) is 17.6. The second kappa shape index (κ2) is 11.2. The van der Waals surface area contributed by atoms with Gasteiger partial charge < -0.3 is 23.7 Å². The predicted octanol–water partition coefficient (Wildman–Crippen LogP) is 2.49. The van der Waals surface area contributed by atoms with Gasteiger partial charge in [0.05, 0.1) is 17.2 Å². The van der Waals surface area contributed by atoms with Crippen molar-refractivity contribution >= 4 is 35.0 Å². The number of nitrogens with one attached hydrogen (secondary N) is 2. The van der Waals surface area contributed by atoms with Crippen molar-refractivity contribution in [1.82, 2.24) is 10.9 Å². The lowest BCUT2D eigenvalue weighted by atomic mass is 9.85. The van der Waals surface area contributed by atoms with Crippen LogP contribution in [0.1, 0.15) is 60.2 Å². The summed E-state index contributed by atoms with van der Waals surface area (Å²) in [7, 11) is 1.36. The van der Waals surface area contributed by atoms with Crippen molar-refractivity contribution in [3.05, 3.63) is 34.4 Å². The molecular weight excluding hydrogens is 508 g/mol. The second-order valence-electron chi connectivity index (χ2n) is 9.25. The smallest absolute Gasteiger partial charge is 0.271 e. The average Bonchev–Trinajstić information content (AvgIpc) is 3.15. The molecule has 0 radical (unpaired) electrons. The molecule has 1 spiro atoms. The number of hydrogen-bond donors (Lipinski definition) is 2. The van der Waals surface area contributed by atoms with E-state index in [0.29, 0.717) is 19.4 Å². The number of amides is 2. The number of hydrogen-bond acceptors (Lipinski definition) is 9. The number of methoxy groups -OCH3 is 1. The van der Waals surface area contributed by atoms with Crippen molar-refractivity contribution < 1.29 is 42.9 Å². The lowest BCUT2D eigenvalue weighted by Crippen LogP contribution is -2.40. The highest BCUT2D eigenvalue weighted by atomic mass is 35.5. The van der Waals surface area contributed by atoms with Crippen LogP contribution >= 0.6 is 11.6 Å². The molecule has 0 aromatic heterocycles. The van der Waals surface area contributed by atoms with Crippen LogP contribution in [-0.2, 0) is 23.8 Å². The summed E-state index contributed by atoms with van der Waals surface area (Å²) in [6.07, 6.45) is 3.73. The fourth-order valence-corrected chi connectivity index (χ4v) is 4.66. The Hall–Kier alpha value is -2.99. The number of allylic oxidation sites excluding steroid dienone is 1. The van der Waals surface area contributed by atoms with Gasteiger partial charge in [0, 0.05) is 20.5 Å². The molecule has 1 aliphatic carbocycles. The fraction of sp³-hybridized carbons (Fsp3) is 0.520. The topological polar surface area (TPSA) is 138 Å². The number of ether oxygens (including phenoxy) is 5. The Morgan fingerprint density at radius 3 is 2.73 bits per heavy atom.